The van der Waals surface area contributed by atoms with Crippen LogP contribution in [0.2, 0.25) is 0 Å². The van der Waals surface area contributed by atoms with Crippen LogP contribution >= 0.6 is 11.3 Å². The average molecular weight is 279 g/mol. The van der Waals surface area contributed by atoms with Crippen molar-refractivity contribution in [1.82, 2.24) is 9.78 Å². The van der Waals surface area contributed by atoms with Crippen LogP contribution in [0.25, 0.3) is 0 Å². The summed E-state index contributed by atoms with van der Waals surface area (Å²) in [6.45, 7) is 5.11. The fraction of sp³-hybridized carbons (Fsp3) is 0.500. The second-order valence-electron chi connectivity index (χ2n) is 4.50. The zero-order valence-corrected chi connectivity index (χ0v) is 12.5. The Morgan fingerprint density at radius 1 is 1.42 bits per heavy atom. The lowest BCUT2D eigenvalue weighted by molar-refractivity contribution is 0.416. The molecule has 0 amide bonds. The van der Waals surface area contributed by atoms with E-state index < -0.39 is 0 Å². The first-order valence-corrected chi connectivity index (χ1v) is 7.49. The van der Waals surface area contributed by atoms with Crippen LogP contribution in [-0.2, 0) is 19.4 Å². The monoisotopic (exact) mass is 279 g/mol. The van der Waals surface area contributed by atoms with Gasteiger partial charge in [-0.2, -0.15) is 5.10 Å². The normalized spacial score (nSPS) is 12.6. The van der Waals surface area contributed by atoms with Crippen molar-refractivity contribution in [2.24, 2.45) is 5.73 Å². The Morgan fingerprint density at radius 3 is 2.79 bits per heavy atom. The Balaban J connectivity index is 2.13. The number of hydrogen-bond donors (Lipinski definition) is 1. The Labute approximate surface area is 118 Å². The first-order valence-electron chi connectivity index (χ1n) is 6.61. The molecule has 0 radical (unpaired) electrons. The van der Waals surface area contributed by atoms with Crippen molar-refractivity contribution < 1.29 is 4.74 Å². The van der Waals surface area contributed by atoms with Crippen molar-refractivity contribution in [3.8, 4) is 5.75 Å². The molecule has 0 bridgehead atoms. The Hall–Kier alpha value is -1.33. The molecule has 0 aliphatic rings. The van der Waals surface area contributed by atoms with Gasteiger partial charge in [-0.05, 0) is 25.5 Å². The molecule has 4 nitrogen and oxygen atoms in total. The molecular weight excluding hydrogens is 258 g/mol. The number of nitrogens with two attached hydrogens (primary N) is 1. The Kier molecular flexibility index (Phi) is 4.61. The molecule has 0 saturated heterocycles. The predicted octanol–water partition coefficient (Wildman–Crippen LogP) is 2.78. The molecule has 2 heterocycles. The van der Waals surface area contributed by atoms with Gasteiger partial charge in [0.1, 0.15) is 5.75 Å². The molecule has 0 saturated carbocycles. The van der Waals surface area contributed by atoms with Crippen molar-refractivity contribution in [2.45, 2.75) is 39.3 Å². The number of nitrogens with zero attached hydrogens (tertiary/aromatic N) is 2. The molecule has 2 rings (SSSR count). The van der Waals surface area contributed by atoms with E-state index in [4.69, 9.17) is 10.5 Å². The Bertz CT molecular complexity index is 533. The molecule has 104 valence electrons. The number of methoxy groups -OCH3 is 1. The zero-order valence-electron chi connectivity index (χ0n) is 11.7. The number of aryl methyl sites for hydroxylation is 2. The summed E-state index contributed by atoms with van der Waals surface area (Å²) >= 11 is 1.65. The van der Waals surface area contributed by atoms with E-state index in [1.807, 2.05) is 16.1 Å². The quantitative estimate of drug-likeness (QED) is 0.884. The minimum atomic E-state index is 0.000561. The van der Waals surface area contributed by atoms with Crippen molar-refractivity contribution in [3.63, 3.8) is 0 Å². The van der Waals surface area contributed by atoms with Gasteiger partial charge in [0.05, 0.1) is 12.8 Å². The van der Waals surface area contributed by atoms with Crippen LogP contribution in [-0.4, -0.2) is 16.9 Å². The molecule has 0 aromatic carbocycles. The summed E-state index contributed by atoms with van der Waals surface area (Å²) in [5.74, 6) is 0.883. The fourth-order valence-corrected chi connectivity index (χ4v) is 2.95. The molecule has 0 fully saturated rings. The van der Waals surface area contributed by atoms with Gasteiger partial charge in [-0.1, -0.05) is 6.92 Å². The van der Waals surface area contributed by atoms with Crippen molar-refractivity contribution >= 4 is 11.3 Å². The second-order valence-corrected chi connectivity index (χ2v) is 5.44. The average Bonchev–Trinajstić information content (AvgIpc) is 3.04. The Morgan fingerprint density at radius 2 is 2.21 bits per heavy atom. The number of rotatable bonds is 6. The summed E-state index contributed by atoms with van der Waals surface area (Å²) in [7, 11) is 1.68. The number of thiophene rings is 1. The third kappa shape index (κ3) is 3.16. The summed E-state index contributed by atoms with van der Waals surface area (Å²) in [6, 6.07) is 4.18. The molecular formula is C14H21N3OS. The van der Waals surface area contributed by atoms with E-state index in [0.29, 0.717) is 0 Å². The number of ether oxygens (including phenoxy) is 1. The maximum atomic E-state index is 6.28. The van der Waals surface area contributed by atoms with E-state index in [1.54, 1.807) is 18.4 Å². The minimum absolute atomic E-state index is 0.000561. The summed E-state index contributed by atoms with van der Waals surface area (Å²) in [4.78, 5) is 1.15. The van der Waals surface area contributed by atoms with Crippen molar-refractivity contribution in [3.05, 3.63) is 33.8 Å². The molecule has 0 aliphatic carbocycles. The highest BCUT2D eigenvalue weighted by atomic mass is 32.1. The highest BCUT2D eigenvalue weighted by Crippen LogP contribution is 2.27. The van der Waals surface area contributed by atoms with Crippen LogP contribution in [0.3, 0.4) is 0 Å². The smallest absolute Gasteiger partial charge is 0.129 e. The van der Waals surface area contributed by atoms with E-state index in [-0.39, 0.29) is 6.04 Å². The van der Waals surface area contributed by atoms with Gasteiger partial charge in [-0.3, -0.25) is 4.68 Å². The third-order valence-corrected chi connectivity index (χ3v) is 4.24. The van der Waals surface area contributed by atoms with Crippen LogP contribution < -0.4 is 10.5 Å². The van der Waals surface area contributed by atoms with Gasteiger partial charge in [0.15, 0.2) is 0 Å². The predicted molar refractivity (Wildman–Crippen MR) is 78.8 cm³/mol. The molecule has 2 aromatic rings. The van der Waals surface area contributed by atoms with Gasteiger partial charge >= 0.3 is 0 Å². The van der Waals surface area contributed by atoms with Crippen LogP contribution in [0, 0.1) is 0 Å². The topological polar surface area (TPSA) is 53.1 Å². The number of hydrogen-bond acceptors (Lipinski definition) is 4. The molecule has 2 N–H and O–H groups in total. The van der Waals surface area contributed by atoms with Gasteiger partial charge in [-0.25, -0.2) is 0 Å². The first-order chi connectivity index (χ1) is 9.17. The third-order valence-electron chi connectivity index (χ3n) is 3.20. The minimum Gasteiger partial charge on any atom is -0.496 e. The van der Waals surface area contributed by atoms with Gasteiger partial charge in [0.2, 0.25) is 0 Å². The van der Waals surface area contributed by atoms with Crippen LogP contribution in [0.15, 0.2) is 17.5 Å². The number of aromatic nitrogens is 2. The molecule has 1 unspecified atom stereocenters. The largest absolute Gasteiger partial charge is 0.496 e. The molecule has 0 spiro atoms. The van der Waals surface area contributed by atoms with Crippen LogP contribution in [0.4, 0.5) is 0 Å². The second kappa shape index (κ2) is 6.21. The molecule has 5 heteroatoms. The van der Waals surface area contributed by atoms with E-state index in [2.05, 4.69) is 25.0 Å². The van der Waals surface area contributed by atoms with E-state index >= 15 is 0 Å². The van der Waals surface area contributed by atoms with Crippen LogP contribution in [0.1, 0.15) is 36.2 Å². The molecule has 1 atom stereocenters. The highest BCUT2D eigenvalue weighted by molar-refractivity contribution is 7.10. The lowest BCUT2D eigenvalue weighted by atomic mass is 10.1. The standard InChI is InChI=1S/C14H21N3OS/c1-4-10-6-11(17(5-2)16-10)7-13(15)14-8-12(18-3)9-19-14/h6,8-9,13H,4-5,7,15H2,1-3H3. The lowest BCUT2D eigenvalue weighted by Crippen LogP contribution is -2.15. The molecule has 19 heavy (non-hydrogen) atoms. The van der Waals surface area contributed by atoms with Gasteiger partial charge in [0, 0.05) is 35.0 Å². The fourth-order valence-electron chi connectivity index (χ4n) is 2.09. The summed E-state index contributed by atoms with van der Waals surface area (Å²) in [6.07, 6.45) is 1.77. The molecule has 0 aliphatic heterocycles. The maximum absolute atomic E-state index is 6.28. The van der Waals surface area contributed by atoms with Crippen molar-refractivity contribution in [2.75, 3.05) is 7.11 Å². The van der Waals surface area contributed by atoms with Gasteiger partial charge in [-0.15, -0.1) is 11.3 Å². The van der Waals surface area contributed by atoms with E-state index in [0.717, 1.165) is 35.7 Å². The van der Waals surface area contributed by atoms with Crippen molar-refractivity contribution in [1.29, 1.82) is 0 Å². The maximum Gasteiger partial charge on any atom is 0.129 e. The van der Waals surface area contributed by atoms with Crippen LogP contribution in [0.5, 0.6) is 5.75 Å². The SMILES string of the molecule is CCc1cc(CC(N)c2cc(OC)cs2)n(CC)n1. The lowest BCUT2D eigenvalue weighted by Gasteiger charge is -2.10. The summed E-state index contributed by atoms with van der Waals surface area (Å²) in [5.41, 5.74) is 8.62. The first kappa shape index (κ1) is 14.1. The summed E-state index contributed by atoms with van der Waals surface area (Å²) < 4.78 is 7.24. The van der Waals surface area contributed by atoms with Gasteiger partial charge in [0.25, 0.3) is 0 Å². The summed E-state index contributed by atoms with van der Waals surface area (Å²) in [5, 5.41) is 6.54. The van der Waals surface area contributed by atoms with Gasteiger partial charge < -0.3 is 10.5 Å². The highest BCUT2D eigenvalue weighted by Gasteiger charge is 2.14. The zero-order chi connectivity index (χ0) is 13.8. The van der Waals surface area contributed by atoms with E-state index in [9.17, 15) is 0 Å². The van der Waals surface area contributed by atoms with E-state index in [1.165, 1.54) is 5.69 Å². The molecule has 2 aromatic heterocycles.